The molecule has 0 radical (unpaired) electrons. The normalized spacial score (nSPS) is 40.0. The van der Waals surface area contributed by atoms with Crippen LogP contribution in [-0.4, -0.2) is 15.8 Å². The maximum Gasteiger partial charge on any atom is 0.130 e. The van der Waals surface area contributed by atoms with Gasteiger partial charge >= 0.3 is 0 Å². The zero-order valence-electron chi connectivity index (χ0n) is 12.0. The topological polar surface area (TPSA) is 40.5 Å². The Hall–Kier alpha value is -1.46. The van der Waals surface area contributed by atoms with Gasteiger partial charge in [-0.2, -0.15) is 0 Å². The molecule has 0 aromatic heterocycles. The third-order valence-corrected chi connectivity index (χ3v) is 5.88. The SMILES string of the molecule is C#C[C@]1(O)CCC2C[C@@H](c3ccc(O)cc3)CC[C@@]21C. The van der Waals surface area contributed by atoms with Crippen LogP contribution in [0.25, 0.3) is 0 Å². The molecule has 2 saturated carbocycles. The fourth-order valence-corrected chi connectivity index (χ4v) is 4.34. The summed E-state index contributed by atoms with van der Waals surface area (Å²) in [6.45, 7) is 2.16. The van der Waals surface area contributed by atoms with Crippen molar-refractivity contribution in [1.29, 1.82) is 0 Å². The third kappa shape index (κ3) is 1.84. The smallest absolute Gasteiger partial charge is 0.130 e. The van der Waals surface area contributed by atoms with E-state index in [1.165, 1.54) is 5.56 Å². The van der Waals surface area contributed by atoms with Crippen molar-refractivity contribution in [3.63, 3.8) is 0 Å². The molecule has 2 aliphatic rings. The second kappa shape index (κ2) is 4.53. The van der Waals surface area contributed by atoms with Crippen LogP contribution in [0.3, 0.4) is 0 Å². The van der Waals surface area contributed by atoms with Gasteiger partial charge in [0.15, 0.2) is 0 Å². The van der Waals surface area contributed by atoms with E-state index in [4.69, 9.17) is 6.42 Å². The van der Waals surface area contributed by atoms with Gasteiger partial charge in [0.1, 0.15) is 11.4 Å². The molecule has 0 amide bonds. The fraction of sp³-hybridized carbons (Fsp3) is 0.556. The number of phenolic OH excluding ortho intramolecular Hbond substituents is 1. The van der Waals surface area contributed by atoms with E-state index >= 15 is 0 Å². The van der Waals surface area contributed by atoms with Crippen LogP contribution in [0.4, 0.5) is 0 Å². The lowest BCUT2D eigenvalue weighted by molar-refractivity contribution is -0.0429. The number of aromatic hydroxyl groups is 1. The molecule has 4 atom stereocenters. The van der Waals surface area contributed by atoms with Crippen LogP contribution in [0, 0.1) is 23.7 Å². The van der Waals surface area contributed by atoms with E-state index in [9.17, 15) is 10.2 Å². The van der Waals surface area contributed by atoms with Gasteiger partial charge in [0.05, 0.1) is 0 Å². The number of hydrogen-bond donors (Lipinski definition) is 2. The molecule has 1 unspecified atom stereocenters. The molecule has 1 aromatic carbocycles. The van der Waals surface area contributed by atoms with Gasteiger partial charge in [0, 0.05) is 5.41 Å². The first-order valence-corrected chi connectivity index (χ1v) is 7.47. The van der Waals surface area contributed by atoms with Crippen LogP contribution in [0.2, 0.25) is 0 Å². The van der Waals surface area contributed by atoms with Crippen LogP contribution in [0.1, 0.15) is 50.5 Å². The number of phenols is 1. The van der Waals surface area contributed by atoms with Gasteiger partial charge < -0.3 is 10.2 Å². The zero-order valence-corrected chi connectivity index (χ0v) is 12.0. The highest BCUT2D eigenvalue weighted by Gasteiger charge is 2.57. The van der Waals surface area contributed by atoms with Gasteiger partial charge in [-0.25, -0.2) is 0 Å². The quantitative estimate of drug-likeness (QED) is 0.767. The van der Waals surface area contributed by atoms with Crippen molar-refractivity contribution in [3.05, 3.63) is 29.8 Å². The molecule has 20 heavy (non-hydrogen) atoms. The van der Waals surface area contributed by atoms with Crippen LogP contribution in [0.15, 0.2) is 24.3 Å². The second-order valence-corrected chi connectivity index (χ2v) is 6.72. The van der Waals surface area contributed by atoms with Crippen molar-refractivity contribution >= 4 is 0 Å². The van der Waals surface area contributed by atoms with Crippen LogP contribution < -0.4 is 0 Å². The molecule has 2 fully saturated rings. The molecule has 3 rings (SSSR count). The fourth-order valence-electron chi connectivity index (χ4n) is 4.34. The summed E-state index contributed by atoms with van der Waals surface area (Å²) in [6, 6.07) is 7.56. The van der Waals surface area contributed by atoms with Gasteiger partial charge in [0.2, 0.25) is 0 Å². The summed E-state index contributed by atoms with van der Waals surface area (Å²) in [5, 5.41) is 20.1. The Labute approximate surface area is 120 Å². The first kappa shape index (κ1) is 13.5. The van der Waals surface area contributed by atoms with E-state index in [1.807, 2.05) is 12.1 Å². The Bertz CT molecular complexity index is 542. The van der Waals surface area contributed by atoms with Gasteiger partial charge in [-0.15, -0.1) is 6.42 Å². The van der Waals surface area contributed by atoms with Crippen molar-refractivity contribution in [1.82, 2.24) is 0 Å². The molecule has 2 N–H and O–H groups in total. The van der Waals surface area contributed by atoms with E-state index in [-0.39, 0.29) is 5.41 Å². The molecule has 106 valence electrons. The van der Waals surface area contributed by atoms with E-state index in [2.05, 4.69) is 12.8 Å². The molecule has 0 aliphatic heterocycles. The summed E-state index contributed by atoms with van der Waals surface area (Å²) < 4.78 is 0. The lowest BCUT2D eigenvalue weighted by Gasteiger charge is -2.45. The molecule has 0 saturated heterocycles. The number of fused-ring (bicyclic) bond motifs is 1. The van der Waals surface area contributed by atoms with Crippen molar-refractivity contribution in [2.45, 2.75) is 50.5 Å². The monoisotopic (exact) mass is 270 g/mol. The van der Waals surface area contributed by atoms with Crippen molar-refractivity contribution < 1.29 is 10.2 Å². The lowest BCUT2D eigenvalue weighted by Crippen LogP contribution is -2.46. The second-order valence-electron chi connectivity index (χ2n) is 6.72. The van der Waals surface area contributed by atoms with Crippen molar-refractivity contribution in [3.8, 4) is 18.1 Å². The molecule has 0 spiro atoms. The van der Waals surface area contributed by atoms with Gasteiger partial charge in [-0.05, 0) is 61.6 Å². The van der Waals surface area contributed by atoms with E-state index in [0.717, 1.165) is 32.1 Å². The van der Waals surface area contributed by atoms with Crippen LogP contribution in [0.5, 0.6) is 5.75 Å². The number of hydrogen-bond acceptors (Lipinski definition) is 2. The molecular formula is C18H22O2. The molecule has 1 aromatic rings. The molecule has 2 aliphatic carbocycles. The molecule has 0 bridgehead atoms. The Morgan fingerprint density at radius 1 is 1.20 bits per heavy atom. The molecule has 2 nitrogen and oxygen atoms in total. The highest BCUT2D eigenvalue weighted by molar-refractivity contribution is 5.30. The predicted molar refractivity (Wildman–Crippen MR) is 79.3 cm³/mol. The van der Waals surface area contributed by atoms with E-state index in [1.54, 1.807) is 12.1 Å². The number of benzene rings is 1. The minimum atomic E-state index is -0.919. The Balaban J connectivity index is 1.81. The van der Waals surface area contributed by atoms with Crippen molar-refractivity contribution in [2.75, 3.05) is 0 Å². The minimum Gasteiger partial charge on any atom is -0.508 e. The first-order valence-electron chi connectivity index (χ1n) is 7.47. The van der Waals surface area contributed by atoms with Crippen LogP contribution in [-0.2, 0) is 0 Å². The summed E-state index contributed by atoms with van der Waals surface area (Å²) in [7, 11) is 0. The number of aliphatic hydroxyl groups is 1. The summed E-state index contributed by atoms with van der Waals surface area (Å²) in [6.07, 6.45) is 10.5. The minimum absolute atomic E-state index is 0.130. The number of rotatable bonds is 1. The average Bonchev–Trinajstić information content (AvgIpc) is 2.72. The summed E-state index contributed by atoms with van der Waals surface area (Å²) in [5.74, 6) is 4.00. The number of terminal acetylenes is 1. The van der Waals surface area contributed by atoms with Gasteiger partial charge in [-0.3, -0.25) is 0 Å². The Morgan fingerprint density at radius 2 is 1.90 bits per heavy atom. The lowest BCUT2D eigenvalue weighted by atomic mass is 9.60. The van der Waals surface area contributed by atoms with Gasteiger partial charge in [-0.1, -0.05) is 25.0 Å². The summed E-state index contributed by atoms with van der Waals surface area (Å²) in [4.78, 5) is 0. The van der Waals surface area contributed by atoms with E-state index in [0.29, 0.717) is 17.6 Å². The van der Waals surface area contributed by atoms with Crippen molar-refractivity contribution in [2.24, 2.45) is 11.3 Å². The zero-order chi connectivity index (χ0) is 14.4. The highest BCUT2D eigenvalue weighted by Crippen LogP contribution is 2.59. The highest BCUT2D eigenvalue weighted by atomic mass is 16.3. The first-order chi connectivity index (χ1) is 9.48. The maximum atomic E-state index is 10.7. The largest absolute Gasteiger partial charge is 0.508 e. The standard InChI is InChI=1S/C18H22O2/c1-3-18(20)11-9-15-12-14(8-10-17(15,18)2)13-4-6-16(19)7-5-13/h1,4-7,14-15,19-20H,8-12H2,2H3/t14-,15?,17-,18-/m0/s1. The molecular weight excluding hydrogens is 248 g/mol. The van der Waals surface area contributed by atoms with Crippen LogP contribution >= 0.6 is 0 Å². The molecule has 0 heterocycles. The Morgan fingerprint density at radius 3 is 2.55 bits per heavy atom. The van der Waals surface area contributed by atoms with E-state index < -0.39 is 5.60 Å². The van der Waals surface area contributed by atoms with Gasteiger partial charge in [0.25, 0.3) is 0 Å². The summed E-state index contributed by atoms with van der Waals surface area (Å²) in [5.41, 5.74) is 0.244. The maximum absolute atomic E-state index is 10.7. The summed E-state index contributed by atoms with van der Waals surface area (Å²) >= 11 is 0. The average molecular weight is 270 g/mol. The predicted octanol–water partition coefficient (Wildman–Crippen LogP) is 3.44. The Kier molecular flexibility index (Phi) is 3.06. The third-order valence-electron chi connectivity index (χ3n) is 5.88. The molecule has 2 heteroatoms.